The summed E-state index contributed by atoms with van der Waals surface area (Å²) in [6.07, 6.45) is 5.95. The maximum absolute atomic E-state index is 9.14. The van der Waals surface area contributed by atoms with Gasteiger partial charge in [-0.15, -0.1) is 0 Å². The lowest BCUT2D eigenvalue weighted by Gasteiger charge is -2.09. The minimum Gasteiger partial charge on any atom is -0.420 e. The summed E-state index contributed by atoms with van der Waals surface area (Å²) < 4.78 is 11.1. The van der Waals surface area contributed by atoms with Gasteiger partial charge in [0.25, 0.3) is 0 Å². The van der Waals surface area contributed by atoms with Gasteiger partial charge in [0.2, 0.25) is 17.5 Å². The molecule has 1 aromatic carbocycles. The van der Waals surface area contributed by atoms with Gasteiger partial charge in [0.15, 0.2) is 0 Å². The van der Waals surface area contributed by atoms with Crippen LogP contribution < -0.4 is 5.32 Å². The Balaban J connectivity index is 1.68. The van der Waals surface area contributed by atoms with Gasteiger partial charge in [-0.1, -0.05) is 30.3 Å². The van der Waals surface area contributed by atoms with E-state index in [1.165, 1.54) is 0 Å². The summed E-state index contributed by atoms with van der Waals surface area (Å²) in [5.74, 6) is 0.820. The molecule has 0 radical (unpaired) electrons. The molecular formula is C17H17N3O2. The number of nitrogens with one attached hydrogen (secondary N) is 1. The maximum Gasteiger partial charge on any atom is 0.232 e. The van der Waals surface area contributed by atoms with Crippen molar-refractivity contribution in [1.82, 2.24) is 4.98 Å². The Morgan fingerprint density at radius 3 is 2.91 bits per heavy atom. The van der Waals surface area contributed by atoms with Crippen LogP contribution >= 0.6 is 0 Å². The van der Waals surface area contributed by atoms with Crippen molar-refractivity contribution >= 4 is 18.0 Å². The fraction of sp³-hybridized carbons (Fsp3) is 0.294. The highest BCUT2D eigenvalue weighted by Crippen LogP contribution is 2.20. The Bertz CT molecular complexity index is 680. The first-order chi connectivity index (χ1) is 10.8. The van der Waals surface area contributed by atoms with E-state index in [0.717, 1.165) is 25.0 Å². The number of nitrogens with zero attached hydrogens (tertiary/aromatic N) is 2. The van der Waals surface area contributed by atoms with Crippen LogP contribution in [0.15, 0.2) is 34.7 Å². The average Bonchev–Trinajstić information content (AvgIpc) is 3.21. The zero-order valence-corrected chi connectivity index (χ0v) is 12.2. The van der Waals surface area contributed by atoms with Crippen LogP contribution in [0.5, 0.6) is 0 Å². The van der Waals surface area contributed by atoms with E-state index in [9.17, 15) is 0 Å². The summed E-state index contributed by atoms with van der Waals surface area (Å²) in [6.45, 7) is 1.44. The first kappa shape index (κ1) is 14.4. The monoisotopic (exact) mass is 295 g/mol. The van der Waals surface area contributed by atoms with Crippen LogP contribution in [0.3, 0.4) is 0 Å². The number of hydrogen-bond acceptors (Lipinski definition) is 5. The molecule has 1 aliphatic heterocycles. The molecule has 1 atom stereocenters. The lowest BCUT2D eigenvalue weighted by molar-refractivity contribution is 0.120. The molecule has 1 fully saturated rings. The van der Waals surface area contributed by atoms with E-state index >= 15 is 0 Å². The molecule has 1 aromatic heterocycles. The van der Waals surface area contributed by atoms with E-state index in [1.807, 2.05) is 42.5 Å². The molecule has 3 rings (SSSR count). The first-order valence-electron chi connectivity index (χ1n) is 7.34. The molecule has 0 saturated carbocycles. The Hall–Kier alpha value is -2.58. The number of nitriles is 1. The van der Waals surface area contributed by atoms with Gasteiger partial charge in [0, 0.05) is 19.2 Å². The van der Waals surface area contributed by atoms with Crippen LogP contribution in [0.2, 0.25) is 0 Å². The van der Waals surface area contributed by atoms with E-state index < -0.39 is 0 Å². The molecule has 0 aliphatic carbocycles. The van der Waals surface area contributed by atoms with E-state index in [0.29, 0.717) is 18.3 Å². The van der Waals surface area contributed by atoms with Crippen molar-refractivity contribution in [3.05, 3.63) is 47.5 Å². The lowest BCUT2D eigenvalue weighted by Crippen LogP contribution is -2.18. The Kier molecular flexibility index (Phi) is 4.52. The zero-order valence-electron chi connectivity index (χ0n) is 12.2. The smallest absolute Gasteiger partial charge is 0.232 e. The Morgan fingerprint density at radius 2 is 2.18 bits per heavy atom. The highest BCUT2D eigenvalue weighted by atomic mass is 16.5. The molecule has 112 valence electrons. The van der Waals surface area contributed by atoms with E-state index in [-0.39, 0.29) is 11.8 Å². The molecule has 1 N–H and O–H groups in total. The summed E-state index contributed by atoms with van der Waals surface area (Å²) in [5, 5.41) is 12.3. The van der Waals surface area contributed by atoms with Gasteiger partial charge in [-0.05, 0) is 24.5 Å². The lowest BCUT2D eigenvalue weighted by atomic mass is 10.2. The number of anilines is 1. The van der Waals surface area contributed by atoms with Crippen molar-refractivity contribution in [1.29, 1.82) is 5.26 Å². The van der Waals surface area contributed by atoms with Crippen LogP contribution in [0.25, 0.3) is 12.2 Å². The highest BCUT2D eigenvalue weighted by Gasteiger charge is 2.17. The quantitative estimate of drug-likeness (QED) is 0.916. The van der Waals surface area contributed by atoms with Crippen LogP contribution in [-0.4, -0.2) is 24.2 Å². The number of oxazole rings is 1. The Labute approximate surface area is 129 Å². The van der Waals surface area contributed by atoms with E-state index in [1.54, 1.807) is 6.08 Å². The fourth-order valence-electron chi connectivity index (χ4n) is 2.35. The van der Waals surface area contributed by atoms with Crippen LogP contribution in [-0.2, 0) is 4.74 Å². The van der Waals surface area contributed by atoms with Gasteiger partial charge in [0.05, 0.1) is 6.10 Å². The summed E-state index contributed by atoms with van der Waals surface area (Å²) in [4.78, 5) is 4.17. The number of benzene rings is 1. The molecular weight excluding hydrogens is 278 g/mol. The SMILES string of the molecule is N#Cc1nc(/C=C/c2ccccc2)oc1NC[C@H]1CCCO1. The fourth-order valence-corrected chi connectivity index (χ4v) is 2.35. The second-order valence-corrected chi connectivity index (χ2v) is 5.10. The molecule has 2 aromatic rings. The third-order valence-corrected chi connectivity index (χ3v) is 3.48. The van der Waals surface area contributed by atoms with Gasteiger partial charge < -0.3 is 14.5 Å². The van der Waals surface area contributed by atoms with Crippen molar-refractivity contribution in [2.75, 3.05) is 18.5 Å². The van der Waals surface area contributed by atoms with Gasteiger partial charge in [-0.2, -0.15) is 10.2 Å². The molecule has 5 nitrogen and oxygen atoms in total. The number of ether oxygens (including phenoxy) is 1. The molecule has 2 heterocycles. The normalized spacial score (nSPS) is 17.7. The molecule has 22 heavy (non-hydrogen) atoms. The summed E-state index contributed by atoms with van der Waals surface area (Å²) in [5.41, 5.74) is 1.32. The van der Waals surface area contributed by atoms with Crippen molar-refractivity contribution in [2.45, 2.75) is 18.9 Å². The predicted octanol–water partition coefficient (Wildman–Crippen LogP) is 3.31. The molecule has 0 unspecified atom stereocenters. The second-order valence-electron chi connectivity index (χ2n) is 5.10. The van der Waals surface area contributed by atoms with Crippen LogP contribution in [0, 0.1) is 11.3 Å². The second kappa shape index (κ2) is 6.92. The molecule has 1 saturated heterocycles. The zero-order chi connectivity index (χ0) is 15.2. The molecule has 0 spiro atoms. The highest BCUT2D eigenvalue weighted by molar-refractivity contribution is 5.67. The van der Waals surface area contributed by atoms with E-state index in [2.05, 4.69) is 10.3 Å². The molecule has 1 aliphatic rings. The largest absolute Gasteiger partial charge is 0.420 e. The van der Waals surface area contributed by atoms with Crippen LogP contribution in [0.1, 0.15) is 30.0 Å². The topological polar surface area (TPSA) is 71.1 Å². The number of aromatic nitrogens is 1. The first-order valence-corrected chi connectivity index (χ1v) is 7.34. The standard InChI is InChI=1S/C17H17N3O2/c18-11-15-17(19-12-14-7-4-10-21-14)22-16(20-15)9-8-13-5-2-1-3-6-13/h1-3,5-6,8-9,14,19H,4,7,10,12H2/b9-8+/t14-/m1/s1. The third-order valence-electron chi connectivity index (χ3n) is 3.48. The third kappa shape index (κ3) is 3.54. The van der Waals surface area contributed by atoms with Crippen molar-refractivity contribution in [2.24, 2.45) is 0 Å². The van der Waals surface area contributed by atoms with Crippen LogP contribution in [0.4, 0.5) is 5.88 Å². The molecule has 0 amide bonds. The van der Waals surface area contributed by atoms with Gasteiger partial charge in [0.1, 0.15) is 6.07 Å². The summed E-state index contributed by atoms with van der Waals surface area (Å²) in [7, 11) is 0. The van der Waals surface area contributed by atoms with E-state index in [4.69, 9.17) is 14.4 Å². The van der Waals surface area contributed by atoms with Crippen molar-refractivity contribution < 1.29 is 9.15 Å². The average molecular weight is 295 g/mol. The summed E-state index contributed by atoms with van der Waals surface area (Å²) in [6, 6.07) is 11.9. The maximum atomic E-state index is 9.14. The van der Waals surface area contributed by atoms with Gasteiger partial charge >= 0.3 is 0 Å². The molecule has 5 heteroatoms. The minimum atomic E-state index is 0.181. The van der Waals surface area contributed by atoms with Gasteiger partial charge in [-0.25, -0.2) is 0 Å². The van der Waals surface area contributed by atoms with Crippen molar-refractivity contribution in [3.63, 3.8) is 0 Å². The summed E-state index contributed by atoms with van der Waals surface area (Å²) >= 11 is 0. The van der Waals surface area contributed by atoms with Crippen molar-refractivity contribution in [3.8, 4) is 6.07 Å². The molecule has 0 bridgehead atoms. The predicted molar refractivity (Wildman–Crippen MR) is 84.1 cm³/mol. The van der Waals surface area contributed by atoms with Gasteiger partial charge in [-0.3, -0.25) is 0 Å². The Morgan fingerprint density at radius 1 is 1.32 bits per heavy atom. The minimum absolute atomic E-state index is 0.181. The number of rotatable bonds is 5. The number of hydrogen-bond donors (Lipinski definition) is 1.